The molecule has 0 aliphatic rings. The Morgan fingerprint density at radius 1 is 1.00 bits per heavy atom. The summed E-state index contributed by atoms with van der Waals surface area (Å²) >= 11 is 0. The molecule has 0 saturated heterocycles. The van der Waals surface area contributed by atoms with E-state index in [2.05, 4.69) is 17.1 Å². The van der Waals surface area contributed by atoms with E-state index >= 15 is 0 Å². The van der Waals surface area contributed by atoms with Crippen molar-refractivity contribution >= 4 is 16.8 Å². The number of para-hydroxylation sites is 1. The fourth-order valence-electron chi connectivity index (χ4n) is 2.80. The molecule has 0 aliphatic carbocycles. The van der Waals surface area contributed by atoms with E-state index in [4.69, 9.17) is 14.9 Å². The fourth-order valence-corrected chi connectivity index (χ4v) is 2.80. The highest BCUT2D eigenvalue weighted by molar-refractivity contribution is 5.85. The molecule has 0 aliphatic heterocycles. The van der Waals surface area contributed by atoms with Gasteiger partial charge in [0.1, 0.15) is 5.75 Å². The molecule has 0 atom stereocenters. The van der Waals surface area contributed by atoms with Crippen molar-refractivity contribution in [2.45, 2.75) is 0 Å². The van der Waals surface area contributed by atoms with Crippen LogP contribution in [-0.4, -0.2) is 58.9 Å². The maximum Gasteiger partial charge on any atom is 0.260 e. The van der Waals surface area contributed by atoms with E-state index in [9.17, 15) is 4.79 Å². The Kier molecular flexibility index (Phi) is 5.88. The molecule has 1 amide bonds. The predicted octanol–water partition coefficient (Wildman–Crippen LogP) is 2.03. The molecule has 0 fully saturated rings. The Morgan fingerprint density at radius 2 is 1.69 bits per heavy atom. The number of benzene rings is 2. The molecule has 3 rings (SSSR count). The molecule has 3 N–H and O–H groups in total. The second-order valence-electron chi connectivity index (χ2n) is 5.91. The van der Waals surface area contributed by atoms with Gasteiger partial charge in [-0.1, -0.05) is 18.2 Å². The Bertz CT molecular complexity index is 819. The van der Waals surface area contributed by atoms with Crippen LogP contribution in [0, 0.1) is 0 Å². The fraction of sp³-hybridized carbons (Fsp3) is 0.250. The third kappa shape index (κ3) is 4.22. The van der Waals surface area contributed by atoms with Gasteiger partial charge in [0.15, 0.2) is 6.61 Å². The van der Waals surface area contributed by atoms with Gasteiger partial charge in [0, 0.05) is 29.7 Å². The van der Waals surface area contributed by atoms with Crippen molar-refractivity contribution in [3.63, 3.8) is 0 Å². The minimum Gasteiger partial charge on any atom is -0.484 e. The summed E-state index contributed by atoms with van der Waals surface area (Å²) in [5.41, 5.74) is 3.13. The Hall–Kier alpha value is -2.83. The summed E-state index contributed by atoms with van der Waals surface area (Å²) in [5, 5.41) is 19.1. The number of nitrogens with one attached hydrogen (secondary N) is 1. The van der Waals surface area contributed by atoms with Crippen molar-refractivity contribution in [1.29, 1.82) is 0 Å². The number of carbonyl (C=O) groups is 1. The van der Waals surface area contributed by atoms with E-state index in [1.54, 1.807) is 0 Å². The number of aliphatic hydroxyl groups excluding tert-OH is 2. The molecule has 0 saturated carbocycles. The second-order valence-corrected chi connectivity index (χ2v) is 5.91. The van der Waals surface area contributed by atoms with Gasteiger partial charge < -0.3 is 24.8 Å². The summed E-state index contributed by atoms with van der Waals surface area (Å²) in [6.07, 6.45) is 0. The molecule has 0 unspecified atom stereocenters. The van der Waals surface area contributed by atoms with Gasteiger partial charge in [-0.3, -0.25) is 4.79 Å². The average Bonchev–Trinajstić information content (AvgIpc) is 3.10. The van der Waals surface area contributed by atoms with Crippen molar-refractivity contribution in [2.75, 3.05) is 32.9 Å². The van der Waals surface area contributed by atoms with Crippen LogP contribution in [0.25, 0.3) is 22.2 Å². The first-order valence-corrected chi connectivity index (χ1v) is 8.52. The highest BCUT2D eigenvalue weighted by atomic mass is 16.5. The monoisotopic (exact) mass is 354 g/mol. The topological polar surface area (TPSA) is 85.8 Å². The number of rotatable bonds is 8. The van der Waals surface area contributed by atoms with Crippen molar-refractivity contribution < 1.29 is 19.7 Å². The predicted molar refractivity (Wildman–Crippen MR) is 100.0 cm³/mol. The van der Waals surface area contributed by atoms with E-state index in [1.165, 1.54) is 4.90 Å². The Balaban J connectivity index is 1.63. The summed E-state index contributed by atoms with van der Waals surface area (Å²) in [7, 11) is 0. The van der Waals surface area contributed by atoms with Crippen LogP contribution in [0.3, 0.4) is 0 Å². The quantitative estimate of drug-likeness (QED) is 0.578. The smallest absolute Gasteiger partial charge is 0.260 e. The average molecular weight is 354 g/mol. The van der Waals surface area contributed by atoms with Crippen LogP contribution in [-0.2, 0) is 4.79 Å². The van der Waals surface area contributed by atoms with Gasteiger partial charge in [-0.15, -0.1) is 0 Å². The molecule has 1 aromatic heterocycles. The molecule has 136 valence electrons. The minimum absolute atomic E-state index is 0.133. The first kappa shape index (κ1) is 18.0. The minimum atomic E-state index is -0.271. The molecule has 2 aromatic carbocycles. The van der Waals surface area contributed by atoms with Gasteiger partial charge >= 0.3 is 0 Å². The highest BCUT2D eigenvalue weighted by Crippen LogP contribution is 2.25. The van der Waals surface area contributed by atoms with Crippen LogP contribution in [0.15, 0.2) is 54.6 Å². The summed E-state index contributed by atoms with van der Waals surface area (Å²) in [5.74, 6) is 0.318. The molecular weight excluding hydrogens is 332 g/mol. The largest absolute Gasteiger partial charge is 0.484 e. The maximum atomic E-state index is 12.1. The molecule has 1 heterocycles. The van der Waals surface area contributed by atoms with Crippen molar-refractivity contribution in [2.24, 2.45) is 0 Å². The van der Waals surface area contributed by atoms with E-state index in [0.29, 0.717) is 5.75 Å². The molecule has 0 radical (unpaired) electrons. The number of ether oxygens (including phenoxy) is 1. The number of amides is 1. The second kappa shape index (κ2) is 8.51. The lowest BCUT2D eigenvalue weighted by Gasteiger charge is -2.20. The lowest BCUT2D eigenvalue weighted by Crippen LogP contribution is -2.38. The summed E-state index contributed by atoms with van der Waals surface area (Å²) in [4.78, 5) is 16.8. The molecule has 6 nitrogen and oxygen atoms in total. The molecule has 26 heavy (non-hydrogen) atoms. The maximum absolute atomic E-state index is 12.1. The van der Waals surface area contributed by atoms with Crippen molar-refractivity contribution in [1.82, 2.24) is 9.88 Å². The van der Waals surface area contributed by atoms with Crippen molar-refractivity contribution in [3.05, 3.63) is 54.6 Å². The molecule has 0 spiro atoms. The highest BCUT2D eigenvalue weighted by Gasteiger charge is 2.13. The number of carbonyl (C=O) groups excluding carboxylic acids is 1. The Morgan fingerprint density at radius 3 is 2.35 bits per heavy atom. The number of aromatic amines is 1. The molecular formula is C20H22N2O4. The zero-order valence-electron chi connectivity index (χ0n) is 14.4. The molecule has 6 heteroatoms. The number of H-pyrrole nitrogens is 1. The van der Waals surface area contributed by atoms with Gasteiger partial charge in [-0.25, -0.2) is 0 Å². The SMILES string of the molecule is O=C(COc1ccc(-c2cc3ccccc3[nH]2)cc1)N(CCO)CCO. The van der Waals surface area contributed by atoms with E-state index in [-0.39, 0.29) is 38.8 Å². The number of hydrogen-bond donors (Lipinski definition) is 3. The normalized spacial score (nSPS) is 10.8. The van der Waals surface area contributed by atoms with E-state index in [0.717, 1.165) is 22.2 Å². The molecule has 0 bridgehead atoms. The third-order valence-electron chi connectivity index (χ3n) is 4.15. The van der Waals surface area contributed by atoms with Crippen LogP contribution in [0.1, 0.15) is 0 Å². The summed E-state index contributed by atoms with van der Waals surface area (Å²) in [6.45, 7) is -0.0637. The van der Waals surface area contributed by atoms with Gasteiger partial charge in [0.25, 0.3) is 5.91 Å². The lowest BCUT2D eigenvalue weighted by molar-refractivity contribution is -0.134. The number of nitrogens with zero attached hydrogens (tertiary/aromatic N) is 1. The van der Waals surface area contributed by atoms with Gasteiger partial charge in [-0.2, -0.15) is 0 Å². The third-order valence-corrected chi connectivity index (χ3v) is 4.15. The zero-order valence-corrected chi connectivity index (χ0v) is 14.4. The van der Waals surface area contributed by atoms with E-state index in [1.807, 2.05) is 42.5 Å². The number of aromatic nitrogens is 1. The summed E-state index contributed by atoms with van der Waals surface area (Å²) in [6, 6.07) is 17.7. The first-order valence-electron chi connectivity index (χ1n) is 8.52. The van der Waals surface area contributed by atoms with Crippen LogP contribution in [0.2, 0.25) is 0 Å². The molecule has 3 aromatic rings. The van der Waals surface area contributed by atoms with Crippen LogP contribution in [0.5, 0.6) is 5.75 Å². The van der Waals surface area contributed by atoms with Crippen LogP contribution >= 0.6 is 0 Å². The first-order chi connectivity index (χ1) is 12.7. The van der Waals surface area contributed by atoms with Gasteiger partial charge in [0.05, 0.1) is 13.2 Å². The number of aliphatic hydroxyl groups is 2. The lowest BCUT2D eigenvalue weighted by atomic mass is 10.1. The number of fused-ring (bicyclic) bond motifs is 1. The standard InChI is InChI=1S/C20H22N2O4/c23-11-9-22(10-12-24)20(25)14-26-17-7-5-15(6-8-17)19-13-16-3-1-2-4-18(16)21-19/h1-8,13,21,23-24H,9-12,14H2. The number of hydrogen-bond acceptors (Lipinski definition) is 4. The van der Waals surface area contributed by atoms with Gasteiger partial charge in [-0.05, 0) is 42.0 Å². The summed E-state index contributed by atoms with van der Waals surface area (Å²) < 4.78 is 5.53. The Labute approximate surface area is 151 Å². The van der Waals surface area contributed by atoms with E-state index < -0.39 is 0 Å². The van der Waals surface area contributed by atoms with Crippen LogP contribution < -0.4 is 4.74 Å². The van der Waals surface area contributed by atoms with Crippen LogP contribution in [0.4, 0.5) is 0 Å². The van der Waals surface area contributed by atoms with Crippen molar-refractivity contribution in [3.8, 4) is 17.0 Å². The zero-order chi connectivity index (χ0) is 18.4. The van der Waals surface area contributed by atoms with Gasteiger partial charge in [0.2, 0.25) is 0 Å².